The lowest BCUT2D eigenvalue weighted by molar-refractivity contribution is 0.0526. The van der Waals surface area contributed by atoms with E-state index in [1.54, 1.807) is 6.92 Å². The summed E-state index contributed by atoms with van der Waals surface area (Å²) in [5.74, 6) is -0.192. The Morgan fingerprint density at radius 3 is 2.62 bits per heavy atom. The fourth-order valence-corrected chi connectivity index (χ4v) is 2.84. The van der Waals surface area contributed by atoms with Gasteiger partial charge in [0.25, 0.3) is 6.43 Å². The minimum absolute atomic E-state index is 0.129. The number of hydrogen-bond acceptors (Lipinski definition) is 6. The zero-order valence-corrected chi connectivity index (χ0v) is 14.7. The molecule has 0 aliphatic heterocycles. The van der Waals surface area contributed by atoms with Gasteiger partial charge in [0.1, 0.15) is 5.82 Å². The Bertz CT molecular complexity index is 726. The number of thiazole rings is 1. The number of rotatable bonds is 5. The number of carbonyl (C=O) groups excluding carboxylic acids is 1. The first-order valence-corrected chi connectivity index (χ1v) is 8.22. The quantitative estimate of drug-likeness (QED) is 0.798. The van der Waals surface area contributed by atoms with Gasteiger partial charge in [-0.2, -0.15) is 0 Å². The molecule has 2 heterocycles. The van der Waals surface area contributed by atoms with E-state index in [9.17, 15) is 13.6 Å². The van der Waals surface area contributed by atoms with Crippen molar-refractivity contribution in [1.29, 1.82) is 0 Å². The van der Waals surface area contributed by atoms with Crippen LogP contribution in [0.15, 0.2) is 18.5 Å². The normalized spacial score (nSPS) is 11.6. The van der Waals surface area contributed by atoms with Crippen LogP contribution in [-0.4, -0.2) is 28.1 Å². The van der Waals surface area contributed by atoms with E-state index in [4.69, 9.17) is 4.74 Å². The Kier molecular flexibility index (Phi) is 5.48. The molecule has 0 bridgehead atoms. The first-order chi connectivity index (χ1) is 11.2. The molecule has 2 aromatic rings. The van der Waals surface area contributed by atoms with Gasteiger partial charge in [-0.15, -0.1) is 11.3 Å². The minimum atomic E-state index is -2.67. The zero-order valence-electron chi connectivity index (χ0n) is 13.9. The second kappa shape index (κ2) is 7.21. The van der Waals surface area contributed by atoms with Crippen LogP contribution in [0.25, 0.3) is 10.4 Å². The van der Waals surface area contributed by atoms with Crippen LogP contribution in [0.3, 0.4) is 0 Å². The minimum Gasteiger partial charge on any atom is -0.461 e. The molecular formula is C16H19F2N3O2S. The van der Waals surface area contributed by atoms with Crippen LogP contribution in [0, 0.1) is 0 Å². The number of carbonyl (C=O) groups is 1. The van der Waals surface area contributed by atoms with E-state index < -0.39 is 12.4 Å². The standard InChI is InChI=1S/C16H19F2N3O2S/c1-5-23-15(22)14-20-8-11(24-14)10-7-19-12(21-16(2,3)4)6-9(10)13(17)18/h6-8,13H,5H2,1-4H3,(H,19,21). The van der Waals surface area contributed by atoms with Crippen molar-refractivity contribution in [3.05, 3.63) is 29.0 Å². The highest BCUT2D eigenvalue weighted by Crippen LogP contribution is 2.35. The van der Waals surface area contributed by atoms with Crippen LogP contribution < -0.4 is 5.32 Å². The summed E-state index contributed by atoms with van der Waals surface area (Å²) >= 11 is 1.01. The fraction of sp³-hybridized carbons (Fsp3) is 0.438. The van der Waals surface area contributed by atoms with Gasteiger partial charge in [-0.25, -0.2) is 23.5 Å². The molecule has 0 saturated carbocycles. The van der Waals surface area contributed by atoms with Crippen molar-refractivity contribution in [2.75, 3.05) is 11.9 Å². The van der Waals surface area contributed by atoms with Crippen molar-refractivity contribution in [1.82, 2.24) is 9.97 Å². The van der Waals surface area contributed by atoms with Gasteiger partial charge in [0, 0.05) is 29.1 Å². The summed E-state index contributed by atoms with van der Waals surface area (Å²) in [6, 6.07) is 1.33. The molecule has 0 saturated heterocycles. The number of esters is 1. The summed E-state index contributed by atoms with van der Waals surface area (Å²) in [4.78, 5) is 20.3. The van der Waals surface area contributed by atoms with Gasteiger partial charge in [0.2, 0.25) is 5.01 Å². The Labute approximate surface area is 143 Å². The third-order valence-corrected chi connectivity index (χ3v) is 3.91. The molecule has 0 amide bonds. The Hall–Kier alpha value is -2.09. The van der Waals surface area contributed by atoms with E-state index in [-0.39, 0.29) is 28.3 Å². The molecule has 24 heavy (non-hydrogen) atoms. The SMILES string of the molecule is CCOC(=O)c1ncc(-c2cnc(NC(C)(C)C)cc2C(F)F)s1. The van der Waals surface area contributed by atoms with Crippen molar-refractivity contribution in [3.8, 4) is 10.4 Å². The molecule has 0 atom stereocenters. The first-order valence-electron chi connectivity index (χ1n) is 7.41. The van der Waals surface area contributed by atoms with Crippen LogP contribution in [0.4, 0.5) is 14.6 Å². The monoisotopic (exact) mass is 355 g/mol. The van der Waals surface area contributed by atoms with Crippen LogP contribution in [-0.2, 0) is 4.74 Å². The molecule has 1 N–H and O–H groups in total. The van der Waals surface area contributed by atoms with E-state index >= 15 is 0 Å². The van der Waals surface area contributed by atoms with Gasteiger partial charge in [-0.3, -0.25) is 0 Å². The maximum Gasteiger partial charge on any atom is 0.367 e. The van der Waals surface area contributed by atoms with Gasteiger partial charge in [0.05, 0.1) is 11.5 Å². The Balaban J connectivity index is 2.38. The molecule has 130 valence electrons. The number of hydrogen-bond donors (Lipinski definition) is 1. The largest absolute Gasteiger partial charge is 0.461 e. The van der Waals surface area contributed by atoms with Gasteiger partial charge >= 0.3 is 5.97 Å². The highest BCUT2D eigenvalue weighted by molar-refractivity contribution is 7.16. The van der Waals surface area contributed by atoms with E-state index in [0.717, 1.165) is 11.3 Å². The summed E-state index contributed by atoms with van der Waals surface area (Å²) in [7, 11) is 0. The second-order valence-corrected chi connectivity index (χ2v) is 7.11. The average molecular weight is 355 g/mol. The Morgan fingerprint density at radius 2 is 2.04 bits per heavy atom. The maximum atomic E-state index is 13.4. The molecule has 2 rings (SSSR count). The third-order valence-electron chi connectivity index (χ3n) is 2.90. The molecule has 0 aliphatic rings. The van der Waals surface area contributed by atoms with Crippen LogP contribution >= 0.6 is 11.3 Å². The fourth-order valence-electron chi connectivity index (χ4n) is 2.00. The number of pyridine rings is 1. The van der Waals surface area contributed by atoms with Crippen molar-refractivity contribution < 1.29 is 18.3 Å². The number of alkyl halides is 2. The van der Waals surface area contributed by atoms with Gasteiger partial charge in [0.15, 0.2) is 0 Å². The lowest BCUT2D eigenvalue weighted by Gasteiger charge is -2.22. The van der Waals surface area contributed by atoms with Gasteiger partial charge < -0.3 is 10.1 Å². The topological polar surface area (TPSA) is 64.1 Å². The Morgan fingerprint density at radius 1 is 1.33 bits per heavy atom. The molecule has 2 aromatic heterocycles. The number of aromatic nitrogens is 2. The van der Waals surface area contributed by atoms with Gasteiger partial charge in [-0.05, 0) is 33.8 Å². The highest BCUT2D eigenvalue weighted by Gasteiger charge is 2.21. The molecule has 8 heteroatoms. The van der Waals surface area contributed by atoms with E-state index in [1.165, 1.54) is 18.5 Å². The van der Waals surface area contributed by atoms with E-state index in [0.29, 0.717) is 10.7 Å². The third kappa shape index (κ3) is 4.47. The summed E-state index contributed by atoms with van der Waals surface area (Å²) < 4.78 is 31.8. The molecular weight excluding hydrogens is 336 g/mol. The zero-order chi connectivity index (χ0) is 17.9. The molecule has 0 aliphatic carbocycles. The van der Waals surface area contributed by atoms with E-state index in [2.05, 4.69) is 15.3 Å². The second-order valence-electron chi connectivity index (χ2n) is 6.08. The van der Waals surface area contributed by atoms with Gasteiger partial charge in [-0.1, -0.05) is 0 Å². The average Bonchev–Trinajstić information content (AvgIpc) is 2.95. The lowest BCUT2D eigenvalue weighted by atomic mass is 10.1. The smallest absolute Gasteiger partial charge is 0.367 e. The highest BCUT2D eigenvalue weighted by atomic mass is 32.1. The maximum absolute atomic E-state index is 13.4. The molecule has 5 nitrogen and oxygen atoms in total. The number of nitrogens with zero attached hydrogens (tertiary/aromatic N) is 2. The predicted molar refractivity (Wildman–Crippen MR) is 89.6 cm³/mol. The van der Waals surface area contributed by atoms with Crippen molar-refractivity contribution in [2.24, 2.45) is 0 Å². The summed E-state index contributed by atoms with van der Waals surface area (Å²) in [5, 5.41) is 3.19. The summed E-state index contributed by atoms with van der Waals surface area (Å²) in [5.41, 5.74) is -0.191. The number of anilines is 1. The van der Waals surface area contributed by atoms with Crippen LogP contribution in [0.5, 0.6) is 0 Å². The van der Waals surface area contributed by atoms with E-state index in [1.807, 2.05) is 20.8 Å². The molecule has 0 spiro atoms. The van der Waals surface area contributed by atoms with Crippen LogP contribution in [0.2, 0.25) is 0 Å². The molecule has 0 aromatic carbocycles. The lowest BCUT2D eigenvalue weighted by Crippen LogP contribution is -2.26. The van der Waals surface area contributed by atoms with Crippen LogP contribution in [0.1, 0.15) is 49.5 Å². The molecule has 0 unspecified atom stereocenters. The number of nitrogens with one attached hydrogen (secondary N) is 1. The first kappa shape index (κ1) is 18.3. The van der Waals surface area contributed by atoms with Crippen molar-refractivity contribution >= 4 is 23.1 Å². The predicted octanol–water partition coefficient (Wildman–Crippen LogP) is 4.53. The molecule has 0 fully saturated rings. The number of ether oxygens (including phenoxy) is 1. The summed E-state index contributed by atoms with van der Waals surface area (Å²) in [6.07, 6.45) is 0.0889. The van der Waals surface area contributed by atoms with Crippen molar-refractivity contribution in [2.45, 2.75) is 39.7 Å². The number of halogens is 2. The summed E-state index contributed by atoms with van der Waals surface area (Å²) in [6.45, 7) is 7.66. The molecule has 0 radical (unpaired) electrons. The van der Waals surface area contributed by atoms with Crippen molar-refractivity contribution in [3.63, 3.8) is 0 Å².